The highest BCUT2D eigenvalue weighted by atomic mass is 16.5. The number of hydrogen-bond donors (Lipinski definition) is 2. The largest absolute Gasteiger partial charge is 0.396 e. The van der Waals surface area contributed by atoms with Gasteiger partial charge in [0.15, 0.2) is 0 Å². The first-order chi connectivity index (χ1) is 15.6. The molecule has 3 atom stereocenters. The molecule has 5 heterocycles. The molecule has 3 aromatic carbocycles. The van der Waals surface area contributed by atoms with Gasteiger partial charge in [0, 0.05) is 40.4 Å². The number of hydrogen-bond acceptors (Lipinski definition) is 3. The number of carbonyl (C=O) groups is 1. The van der Waals surface area contributed by atoms with Crippen LogP contribution in [0.5, 0.6) is 0 Å². The van der Waals surface area contributed by atoms with E-state index in [1.165, 1.54) is 0 Å². The smallest absolute Gasteiger partial charge is 0.252 e. The van der Waals surface area contributed by atoms with Gasteiger partial charge in [-0.25, -0.2) is 0 Å². The molecule has 0 saturated carbocycles. The molecule has 0 radical (unpaired) electrons. The molecule has 1 saturated heterocycles. The van der Waals surface area contributed by atoms with Crippen LogP contribution in [0.4, 0.5) is 0 Å². The van der Waals surface area contributed by atoms with Crippen molar-refractivity contribution < 1.29 is 14.6 Å². The Morgan fingerprint density at radius 3 is 2.56 bits per heavy atom. The van der Waals surface area contributed by atoms with E-state index in [0.717, 1.165) is 61.2 Å². The van der Waals surface area contributed by atoms with E-state index < -0.39 is 5.72 Å². The summed E-state index contributed by atoms with van der Waals surface area (Å²) in [6, 6.07) is 16.7. The second-order valence-electron chi connectivity index (χ2n) is 9.47. The van der Waals surface area contributed by atoms with Crippen LogP contribution in [0.25, 0.3) is 43.6 Å². The maximum absolute atomic E-state index is 13.2. The van der Waals surface area contributed by atoms with Crippen molar-refractivity contribution in [3.63, 3.8) is 0 Å². The number of fused-ring (bicyclic) bond motifs is 13. The third-order valence-corrected chi connectivity index (χ3v) is 8.09. The molecule has 1 amide bonds. The average Bonchev–Trinajstić information content (AvgIpc) is 3.51. The van der Waals surface area contributed by atoms with E-state index in [9.17, 15) is 9.90 Å². The van der Waals surface area contributed by atoms with E-state index in [2.05, 4.69) is 57.8 Å². The maximum atomic E-state index is 13.2. The van der Waals surface area contributed by atoms with E-state index in [4.69, 9.17) is 4.74 Å². The zero-order valence-corrected chi connectivity index (χ0v) is 17.6. The number of carbonyl (C=O) groups excluding carboxylic acids is 1. The minimum absolute atomic E-state index is 0.00333. The van der Waals surface area contributed by atoms with Gasteiger partial charge < -0.3 is 24.3 Å². The van der Waals surface area contributed by atoms with Gasteiger partial charge in [0.25, 0.3) is 5.91 Å². The highest BCUT2D eigenvalue weighted by molar-refractivity contribution is 6.31. The van der Waals surface area contributed by atoms with Crippen molar-refractivity contribution >= 4 is 49.5 Å². The lowest BCUT2D eigenvalue weighted by Crippen LogP contribution is -2.37. The first kappa shape index (κ1) is 17.2. The van der Waals surface area contributed by atoms with E-state index in [-0.39, 0.29) is 24.7 Å². The fourth-order valence-corrected chi connectivity index (χ4v) is 6.76. The van der Waals surface area contributed by atoms with Gasteiger partial charge in [-0.3, -0.25) is 4.79 Å². The molecule has 6 heteroatoms. The summed E-state index contributed by atoms with van der Waals surface area (Å²) in [4.78, 5) is 13.2. The number of aliphatic hydroxyl groups is 1. The molecular formula is C26H21N3O3. The highest BCUT2D eigenvalue weighted by Crippen LogP contribution is 2.55. The zero-order chi connectivity index (χ0) is 21.4. The highest BCUT2D eigenvalue weighted by Gasteiger charge is 2.51. The standard InChI is InChI=1S/C26H21N3O3/c1-26-13(12-30)10-19(32-26)28-17-8-4-2-6-14(17)21-22-16(11-27-25(22)31)20-15-7-3-5-9-18(15)29(26)24(20)23(21)28/h2-9,13,19,30H,10-12H2,1H3,(H,27,31)/t13?,19-,26+/m1/s1. The van der Waals surface area contributed by atoms with E-state index >= 15 is 0 Å². The first-order valence-electron chi connectivity index (χ1n) is 11.2. The van der Waals surface area contributed by atoms with Gasteiger partial charge >= 0.3 is 0 Å². The minimum atomic E-state index is -0.682. The van der Waals surface area contributed by atoms with E-state index in [1.807, 2.05) is 12.1 Å². The quantitative estimate of drug-likeness (QED) is 0.421. The van der Waals surface area contributed by atoms with Crippen LogP contribution in [0, 0.1) is 5.92 Å². The van der Waals surface area contributed by atoms with Gasteiger partial charge in [0.05, 0.1) is 34.2 Å². The topological polar surface area (TPSA) is 68.4 Å². The van der Waals surface area contributed by atoms with Gasteiger partial charge in [-0.2, -0.15) is 0 Å². The molecule has 1 unspecified atom stereocenters. The minimum Gasteiger partial charge on any atom is -0.396 e. The SMILES string of the molecule is C[C@]12O[C@H](CC1CO)n1c3ccccc3c3c4c(c5c6ccccc6n2c5c31)CNC4=O. The lowest BCUT2D eigenvalue weighted by molar-refractivity contribution is -0.122. The number of nitrogens with one attached hydrogen (secondary N) is 1. The first-order valence-corrected chi connectivity index (χ1v) is 11.2. The van der Waals surface area contributed by atoms with Gasteiger partial charge in [-0.1, -0.05) is 36.4 Å². The van der Waals surface area contributed by atoms with Crippen molar-refractivity contribution in [1.82, 2.24) is 14.5 Å². The van der Waals surface area contributed by atoms with Crippen LogP contribution in [0.2, 0.25) is 0 Å². The molecule has 1 fully saturated rings. The third-order valence-electron chi connectivity index (χ3n) is 8.09. The molecule has 2 N–H and O–H groups in total. The molecule has 0 aliphatic carbocycles. The van der Waals surface area contributed by atoms with Crippen molar-refractivity contribution in [2.45, 2.75) is 31.8 Å². The molecular weight excluding hydrogens is 402 g/mol. The molecule has 158 valence electrons. The molecule has 3 aliphatic rings. The van der Waals surface area contributed by atoms with Crippen LogP contribution in [0.3, 0.4) is 0 Å². The Bertz CT molecular complexity index is 1680. The average molecular weight is 423 g/mol. The monoisotopic (exact) mass is 423 g/mol. The summed E-state index contributed by atoms with van der Waals surface area (Å²) in [5, 5.41) is 17.8. The lowest BCUT2D eigenvalue weighted by Gasteiger charge is -2.32. The molecule has 0 spiro atoms. The van der Waals surface area contributed by atoms with Crippen molar-refractivity contribution in [2.24, 2.45) is 5.92 Å². The Balaban J connectivity index is 1.78. The number of ether oxygens (including phenoxy) is 1. The normalized spacial score (nSPS) is 26.0. The predicted octanol–water partition coefficient (Wildman–Crippen LogP) is 4.36. The van der Waals surface area contributed by atoms with Gasteiger partial charge in [-0.05, 0) is 24.6 Å². The van der Waals surface area contributed by atoms with Crippen molar-refractivity contribution in [2.75, 3.05) is 6.61 Å². The lowest BCUT2D eigenvalue weighted by atomic mass is 9.94. The predicted molar refractivity (Wildman–Crippen MR) is 123 cm³/mol. The van der Waals surface area contributed by atoms with Crippen molar-refractivity contribution in [3.05, 3.63) is 59.7 Å². The van der Waals surface area contributed by atoms with Crippen molar-refractivity contribution in [1.29, 1.82) is 0 Å². The number of aliphatic hydroxyl groups excluding tert-OH is 1. The summed E-state index contributed by atoms with van der Waals surface area (Å²) in [7, 11) is 0. The summed E-state index contributed by atoms with van der Waals surface area (Å²) in [5.74, 6) is -0.0414. The van der Waals surface area contributed by atoms with Crippen molar-refractivity contribution in [3.8, 4) is 0 Å². The number of benzene rings is 3. The van der Waals surface area contributed by atoms with Crippen LogP contribution < -0.4 is 5.32 Å². The summed E-state index contributed by atoms with van der Waals surface area (Å²) in [6.07, 6.45) is 0.515. The molecule has 32 heavy (non-hydrogen) atoms. The number of aromatic nitrogens is 2. The maximum Gasteiger partial charge on any atom is 0.252 e. The molecule has 8 rings (SSSR count). The molecule has 2 aromatic heterocycles. The fraction of sp³-hybridized carbons (Fsp3) is 0.269. The Morgan fingerprint density at radius 1 is 1.06 bits per heavy atom. The Morgan fingerprint density at radius 2 is 1.78 bits per heavy atom. The Hall–Kier alpha value is -3.35. The Kier molecular flexibility index (Phi) is 2.88. The van der Waals surface area contributed by atoms with Gasteiger partial charge in [0.1, 0.15) is 12.0 Å². The summed E-state index contributed by atoms with van der Waals surface area (Å²) < 4.78 is 11.4. The second-order valence-corrected chi connectivity index (χ2v) is 9.47. The molecule has 3 aliphatic heterocycles. The molecule has 6 nitrogen and oxygen atoms in total. The zero-order valence-electron chi connectivity index (χ0n) is 17.6. The van der Waals surface area contributed by atoms with Gasteiger partial charge in [-0.15, -0.1) is 0 Å². The van der Waals surface area contributed by atoms with E-state index in [0.29, 0.717) is 6.54 Å². The van der Waals surface area contributed by atoms with Crippen LogP contribution in [0.15, 0.2) is 48.5 Å². The molecule has 2 bridgehead atoms. The number of amides is 1. The van der Waals surface area contributed by atoms with E-state index in [1.54, 1.807) is 0 Å². The Labute approximate surface area is 183 Å². The van der Waals surface area contributed by atoms with Crippen LogP contribution in [-0.2, 0) is 17.0 Å². The summed E-state index contributed by atoms with van der Waals surface area (Å²) >= 11 is 0. The van der Waals surface area contributed by atoms with Crippen LogP contribution in [-0.4, -0.2) is 26.8 Å². The summed E-state index contributed by atoms with van der Waals surface area (Å²) in [6.45, 7) is 2.69. The number of rotatable bonds is 1. The van der Waals surface area contributed by atoms with Gasteiger partial charge in [0.2, 0.25) is 0 Å². The van der Waals surface area contributed by atoms with Crippen LogP contribution in [0.1, 0.15) is 35.5 Å². The third kappa shape index (κ3) is 1.66. The summed E-state index contributed by atoms with van der Waals surface area (Å²) in [5.41, 5.74) is 5.51. The number of nitrogens with zero attached hydrogens (tertiary/aromatic N) is 2. The number of para-hydroxylation sites is 2. The second kappa shape index (κ2) is 5.34. The fourth-order valence-electron chi connectivity index (χ4n) is 6.76. The molecule has 5 aromatic rings. The van der Waals surface area contributed by atoms with Crippen LogP contribution >= 0.6 is 0 Å².